The van der Waals surface area contributed by atoms with E-state index in [1.54, 1.807) is 0 Å². The summed E-state index contributed by atoms with van der Waals surface area (Å²) in [5.74, 6) is -1.09. The number of nitrogens with two attached hydrogens (primary N) is 2. The number of hydrogen-bond donors (Lipinski definition) is 5. The van der Waals surface area contributed by atoms with Crippen LogP contribution in [0.25, 0.3) is 0 Å². The van der Waals surface area contributed by atoms with Crippen molar-refractivity contribution in [1.82, 2.24) is 9.97 Å². The first-order valence-corrected chi connectivity index (χ1v) is 5.99. The lowest BCUT2D eigenvalue weighted by Crippen LogP contribution is -2.32. The van der Waals surface area contributed by atoms with E-state index in [1.807, 2.05) is 0 Å². The number of halogens is 1. The Morgan fingerprint density at radius 2 is 2.00 bits per heavy atom. The van der Waals surface area contributed by atoms with Crippen LogP contribution in [-0.4, -0.2) is 56.1 Å². The van der Waals surface area contributed by atoms with Gasteiger partial charge in [-0.15, -0.1) is 0 Å². The summed E-state index contributed by atoms with van der Waals surface area (Å²) in [5.41, 5.74) is 10.3. The Morgan fingerprint density at radius 3 is 2.50 bits per heavy atom. The van der Waals surface area contributed by atoms with Crippen LogP contribution >= 0.6 is 11.6 Å². The molecule has 1 fully saturated rings. The van der Waals surface area contributed by atoms with Crippen molar-refractivity contribution >= 4 is 23.3 Å². The number of carbonyl (C=O) groups excluding carboxylic acids is 1. The van der Waals surface area contributed by atoms with Crippen LogP contribution in [0.5, 0.6) is 0 Å². The highest BCUT2D eigenvalue weighted by Gasteiger charge is 2.45. The molecule has 2 heterocycles. The molecule has 9 nitrogen and oxygen atoms in total. The van der Waals surface area contributed by atoms with E-state index in [-0.39, 0.29) is 22.4 Å². The zero-order chi connectivity index (χ0) is 15.0. The monoisotopic (exact) mass is 304 g/mol. The fourth-order valence-corrected chi connectivity index (χ4v) is 2.16. The van der Waals surface area contributed by atoms with Crippen molar-refractivity contribution in [2.24, 2.45) is 5.73 Å². The van der Waals surface area contributed by atoms with Crippen molar-refractivity contribution in [1.29, 1.82) is 0 Å². The van der Waals surface area contributed by atoms with Crippen LogP contribution in [0.2, 0.25) is 5.15 Å². The number of carbonyl (C=O) groups is 1. The van der Waals surface area contributed by atoms with Gasteiger partial charge in [0.05, 0.1) is 6.61 Å². The third-order valence-corrected chi connectivity index (χ3v) is 3.22. The van der Waals surface area contributed by atoms with Gasteiger partial charge in [0.2, 0.25) is 0 Å². The third-order valence-electron chi connectivity index (χ3n) is 2.95. The molecular formula is C10H13ClN4O5. The van der Waals surface area contributed by atoms with E-state index < -0.39 is 36.9 Å². The topological polar surface area (TPSA) is 165 Å². The van der Waals surface area contributed by atoms with Gasteiger partial charge in [0.25, 0.3) is 5.91 Å². The minimum atomic E-state index is -1.38. The average molecular weight is 305 g/mol. The van der Waals surface area contributed by atoms with Gasteiger partial charge in [-0.2, -0.15) is 0 Å². The molecule has 1 saturated heterocycles. The Morgan fingerprint density at radius 1 is 1.35 bits per heavy atom. The number of primary amides is 1. The molecule has 4 atom stereocenters. The fourth-order valence-electron chi connectivity index (χ4n) is 1.93. The highest BCUT2D eigenvalue weighted by Crippen LogP contribution is 2.35. The van der Waals surface area contributed by atoms with Gasteiger partial charge >= 0.3 is 0 Å². The summed E-state index contributed by atoms with van der Waals surface area (Å²) >= 11 is 5.68. The van der Waals surface area contributed by atoms with Gasteiger partial charge < -0.3 is 31.5 Å². The number of aliphatic hydroxyl groups excluding tert-OH is 3. The number of ether oxygens (including phenoxy) is 1. The number of anilines is 1. The third kappa shape index (κ3) is 2.41. The fraction of sp³-hybridized carbons (Fsp3) is 0.500. The lowest BCUT2D eigenvalue weighted by Gasteiger charge is -2.16. The lowest BCUT2D eigenvalue weighted by molar-refractivity contribution is -0.0238. The van der Waals surface area contributed by atoms with Crippen LogP contribution in [0.4, 0.5) is 5.82 Å². The molecule has 1 aliphatic heterocycles. The second kappa shape index (κ2) is 5.46. The molecule has 0 aliphatic carbocycles. The zero-order valence-electron chi connectivity index (χ0n) is 10.1. The van der Waals surface area contributed by atoms with Crippen LogP contribution in [0.15, 0.2) is 0 Å². The SMILES string of the molecule is NC(=O)c1nc([C@@H]2O[C@H](CO)[C@@H](O)[C@H]2O)c(N)nc1Cl. The molecule has 0 saturated carbocycles. The molecule has 110 valence electrons. The van der Waals surface area contributed by atoms with Crippen molar-refractivity contribution in [3.05, 3.63) is 16.5 Å². The standard InChI is InChI=1S/C10H13ClN4O5/c11-8-4(10(13)19)14-3(9(12)15-8)7-6(18)5(17)2(1-16)20-7/h2,5-7,16-18H,1H2,(H2,12,15)(H2,13,19)/t2-,5-,6-,7+/m1/s1. The lowest BCUT2D eigenvalue weighted by atomic mass is 10.1. The van der Waals surface area contributed by atoms with Gasteiger partial charge in [0.1, 0.15) is 35.9 Å². The number of amides is 1. The average Bonchev–Trinajstić information content (AvgIpc) is 2.66. The number of aliphatic hydroxyl groups is 3. The van der Waals surface area contributed by atoms with Crippen molar-refractivity contribution in [2.75, 3.05) is 12.3 Å². The molecular weight excluding hydrogens is 292 g/mol. The summed E-state index contributed by atoms with van der Waals surface area (Å²) in [7, 11) is 0. The summed E-state index contributed by atoms with van der Waals surface area (Å²) in [6, 6.07) is 0. The van der Waals surface area contributed by atoms with Gasteiger partial charge in [-0.05, 0) is 0 Å². The summed E-state index contributed by atoms with van der Waals surface area (Å²) in [4.78, 5) is 18.7. The van der Waals surface area contributed by atoms with Crippen LogP contribution < -0.4 is 11.5 Å². The first kappa shape index (κ1) is 14.9. The van der Waals surface area contributed by atoms with Crippen molar-refractivity contribution in [3.8, 4) is 0 Å². The highest BCUT2D eigenvalue weighted by atomic mass is 35.5. The Balaban J connectivity index is 2.43. The number of aromatic nitrogens is 2. The molecule has 0 unspecified atom stereocenters. The summed E-state index contributed by atoms with van der Waals surface area (Å²) in [6.45, 7) is -0.502. The van der Waals surface area contributed by atoms with Crippen LogP contribution in [0.1, 0.15) is 22.3 Å². The molecule has 0 aromatic carbocycles. The van der Waals surface area contributed by atoms with E-state index in [1.165, 1.54) is 0 Å². The Bertz CT molecular complexity index is 543. The normalized spacial score (nSPS) is 29.6. The zero-order valence-corrected chi connectivity index (χ0v) is 10.9. The number of rotatable bonds is 3. The molecule has 1 aliphatic rings. The molecule has 1 amide bonds. The Hall–Kier alpha value is -1.52. The van der Waals surface area contributed by atoms with Gasteiger partial charge in [-0.3, -0.25) is 4.79 Å². The molecule has 0 radical (unpaired) electrons. The second-order valence-corrected chi connectivity index (χ2v) is 4.61. The highest BCUT2D eigenvalue weighted by molar-refractivity contribution is 6.32. The van der Waals surface area contributed by atoms with Crippen molar-refractivity contribution in [3.63, 3.8) is 0 Å². The minimum absolute atomic E-state index is 0.0781. The quantitative estimate of drug-likeness (QED) is 0.426. The van der Waals surface area contributed by atoms with Crippen molar-refractivity contribution in [2.45, 2.75) is 24.4 Å². The number of nitrogens with zero attached hydrogens (tertiary/aromatic N) is 2. The molecule has 1 aromatic heterocycles. The number of nitrogen functional groups attached to an aromatic ring is 1. The van der Waals surface area contributed by atoms with Gasteiger partial charge in [-0.25, -0.2) is 9.97 Å². The molecule has 2 rings (SSSR count). The maximum atomic E-state index is 11.2. The molecule has 0 bridgehead atoms. The van der Waals surface area contributed by atoms with Crippen LogP contribution in [0, 0.1) is 0 Å². The van der Waals surface area contributed by atoms with Gasteiger partial charge in [0.15, 0.2) is 10.8 Å². The molecule has 0 spiro atoms. The van der Waals surface area contributed by atoms with E-state index in [9.17, 15) is 15.0 Å². The predicted molar refractivity (Wildman–Crippen MR) is 66.7 cm³/mol. The van der Waals surface area contributed by atoms with E-state index in [2.05, 4.69) is 9.97 Å². The maximum Gasteiger partial charge on any atom is 0.270 e. The van der Waals surface area contributed by atoms with Gasteiger partial charge in [-0.1, -0.05) is 11.6 Å². The second-order valence-electron chi connectivity index (χ2n) is 4.26. The van der Waals surface area contributed by atoms with E-state index in [0.717, 1.165) is 0 Å². The summed E-state index contributed by atoms with van der Waals surface area (Å²) in [5, 5.41) is 28.3. The van der Waals surface area contributed by atoms with E-state index >= 15 is 0 Å². The molecule has 20 heavy (non-hydrogen) atoms. The Kier molecular flexibility index (Phi) is 4.06. The first-order chi connectivity index (χ1) is 9.36. The van der Waals surface area contributed by atoms with Crippen molar-refractivity contribution < 1.29 is 24.9 Å². The summed E-state index contributed by atoms with van der Waals surface area (Å²) in [6.07, 6.45) is -4.85. The molecule has 10 heteroatoms. The number of hydrogen-bond acceptors (Lipinski definition) is 8. The molecule has 7 N–H and O–H groups in total. The minimum Gasteiger partial charge on any atom is -0.394 e. The van der Waals surface area contributed by atoms with Crippen LogP contribution in [0.3, 0.4) is 0 Å². The van der Waals surface area contributed by atoms with E-state index in [4.69, 9.17) is 32.9 Å². The predicted octanol–water partition coefficient (Wildman–Crippen LogP) is -2.03. The molecule has 1 aromatic rings. The maximum absolute atomic E-state index is 11.2. The Labute approximate surface area is 118 Å². The smallest absolute Gasteiger partial charge is 0.270 e. The van der Waals surface area contributed by atoms with E-state index in [0.29, 0.717) is 0 Å². The first-order valence-electron chi connectivity index (χ1n) is 5.62. The largest absolute Gasteiger partial charge is 0.394 e. The van der Waals surface area contributed by atoms with Crippen LogP contribution in [-0.2, 0) is 4.74 Å². The van der Waals surface area contributed by atoms with Gasteiger partial charge in [0, 0.05) is 0 Å². The summed E-state index contributed by atoms with van der Waals surface area (Å²) < 4.78 is 5.25.